The van der Waals surface area contributed by atoms with Crippen molar-refractivity contribution < 1.29 is 10.2 Å². The van der Waals surface area contributed by atoms with Gasteiger partial charge >= 0.3 is 0 Å². The van der Waals surface area contributed by atoms with Crippen LogP contribution in [-0.2, 0) is 13.2 Å². The van der Waals surface area contributed by atoms with E-state index in [0.29, 0.717) is 17.9 Å². The molecule has 0 spiro atoms. The first-order valence-electron chi connectivity index (χ1n) is 4.89. The number of aromatic nitrogens is 2. The highest BCUT2D eigenvalue weighted by Crippen LogP contribution is 2.15. The average Bonchev–Trinajstić information content (AvgIpc) is 2.63. The minimum atomic E-state index is -0.110. The second-order valence-corrected chi connectivity index (χ2v) is 3.54. The number of nitrogens with zero attached hydrogens (tertiary/aromatic N) is 2. The van der Waals surface area contributed by atoms with Crippen LogP contribution in [0.2, 0.25) is 0 Å². The molecule has 2 aromatic rings. The molecule has 2 rings (SSSR count). The van der Waals surface area contributed by atoms with E-state index in [0.717, 1.165) is 5.56 Å². The van der Waals surface area contributed by atoms with Gasteiger partial charge < -0.3 is 15.9 Å². The predicted molar refractivity (Wildman–Crippen MR) is 59.8 cm³/mol. The van der Waals surface area contributed by atoms with Crippen LogP contribution in [0.5, 0.6) is 5.75 Å². The molecule has 0 unspecified atom stereocenters. The summed E-state index contributed by atoms with van der Waals surface area (Å²) in [7, 11) is 0. The topological polar surface area (TPSA) is 84.3 Å². The van der Waals surface area contributed by atoms with E-state index in [2.05, 4.69) is 5.10 Å². The van der Waals surface area contributed by atoms with E-state index >= 15 is 0 Å². The Morgan fingerprint density at radius 1 is 1.25 bits per heavy atom. The maximum atomic E-state index is 9.14. The van der Waals surface area contributed by atoms with Crippen molar-refractivity contribution in [3.63, 3.8) is 0 Å². The summed E-state index contributed by atoms with van der Waals surface area (Å²) in [4.78, 5) is 0. The Bertz CT molecular complexity index is 476. The van der Waals surface area contributed by atoms with Crippen LogP contribution in [0, 0.1) is 0 Å². The van der Waals surface area contributed by atoms with Crippen molar-refractivity contribution in [1.29, 1.82) is 0 Å². The lowest BCUT2D eigenvalue weighted by Crippen LogP contribution is -2.06. The third-order valence-electron chi connectivity index (χ3n) is 2.40. The van der Waals surface area contributed by atoms with Crippen molar-refractivity contribution in [2.75, 3.05) is 5.73 Å². The fraction of sp³-hybridized carbons (Fsp3) is 0.182. The average molecular weight is 219 g/mol. The van der Waals surface area contributed by atoms with Crippen LogP contribution in [0.25, 0.3) is 0 Å². The molecule has 0 aliphatic heterocycles. The van der Waals surface area contributed by atoms with Crippen LogP contribution in [0.1, 0.15) is 11.1 Å². The third kappa shape index (κ3) is 1.99. The lowest BCUT2D eigenvalue weighted by molar-refractivity contribution is 0.282. The Kier molecular flexibility index (Phi) is 2.78. The normalized spacial score (nSPS) is 10.6. The molecule has 16 heavy (non-hydrogen) atoms. The fourth-order valence-electron chi connectivity index (χ4n) is 1.46. The van der Waals surface area contributed by atoms with Crippen LogP contribution in [0.4, 0.5) is 5.82 Å². The fourth-order valence-corrected chi connectivity index (χ4v) is 1.46. The second-order valence-electron chi connectivity index (χ2n) is 3.54. The van der Waals surface area contributed by atoms with Gasteiger partial charge in [0.2, 0.25) is 0 Å². The summed E-state index contributed by atoms with van der Waals surface area (Å²) < 4.78 is 1.61. The highest BCUT2D eigenvalue weighted by atomic mass is 16.3. The zero-order chi connectivity index (χ0) is 11.5. The van der Waals surface area contributed by atoms with Gasteiger partial charge in [-0.3, -0.25) is 0 Å². The molecule has 4 N–H and O–H groups in total. The number of phenols is 1. The van der Waals surface area contributed by atoms with Crippen molar-refractivity contribution in [1.82, 2.24) is 9.78 Å². The van der Waals surface area contributed by atoms with Crippen molar-refractivity contribution in [3.05, 3.63) is 41.6 Å². The van der Waals surface area contributed by atoms with E-state index in [1.807, 2.05) is 0 Å². The zero-order valence-electron chi connectivity index (χ0n) is 8.67. The van der Waals surface area contributed by atoms with E-state index in [9.17, 15) is 0 Å². The maximum absolute atomic E-state index is 9.14. The maximum Gasteiger partial charge on any atom is 0.127 e. The molecule has 0 bridgehead atoms. The molecule has 0 saturated heterocycles. The van der Waals surface area contributed by atoms with Gasteiger partial charge in [0, 0.05) is 5.56 Å². The van der Waals surface area contributed by atoms with E-state index < -0.39 is 0 Å². The zero-order valence-corrected chi connectivity index (χ0v) is 8.67. The van der Waals surface area contributed by atoms with Gasteiger partial charge in [-0.05, 0) is 17.7 Å². The summed E-state index contributed by atoms with van der Waals surface area (Å²) >= 11 is 0. The molecule has 5 nitrogen and oxygen atoms in total. The molecule has 1 aromatic heterocycles. The number of nitrogen functional groups attached to an aromatic ring is 1. The number of aliphatic hydroxyl groups excluding tert-OH is 1. The number of anilines is 1. The molecule has 0 amide bonds. The smallest absolute Gasteiger partial charge is 0.127 e. The lowest BCUT2D eigenvalue weighted by Gasteiger charge is -2.05. The van der Waals surface area contributed by atoms with E-state index in [1.165, 1.54) is 0 Å². The minimum absolute atomic E-state index is 0.110. The van der Waals surface area contributed by atoms with Gasteiger partial charge in [0.1, 0.15) is 11.6 Å². The highest BCUT2D eigenvalue weighted by molar-refractivity contribution is 5.39. The number of hydrogen-bond donors (Lipinski definition) is 3. The number of benzene rings is 1. The monoisotopic (exact) mass is 219 g/mol. The van der Waals surface area contributed by atoms with Crippen molar-refractivity contribution >= 4 is 5.82 Å². The largest absolute Gasteiger partial charge is 0.508 e. The first-order valence-corrected chi connectivity index (χ1v) is 4.89. The summed E-state index contributed by atoms with van der Waals surface area (Å²) in [5, 5.41) is 22.2. The lowest BCUT2D eigenvalue weighted by atomic mass is 10.2. The van der Waals surface area contributed by atoms with Gasteiger partial charge in [0.15, 0.2) is 0 Å². The van der Waals surface area contributed by atoms with Crippen LogP contribution < -0.4 is 5.73 Å². The van der Waals surface area contributed by atoms with Crippen LogP contribution in [0.3, 0.4) is 0 Å². The molecule has 1 heterocycles. The standard InChI is InChI=1S/C11H13N3O2/c12-11-9(7-15)5-13-14(11)6-8-1-3-10(16)4-2-8/h1-5,15-16H,6-7,12H2. The number of hydrogen-bond acceptors (Lipinski definition) is 4. The van der Waals surface area contributed by atoms with Gasteiger partial charge in [-0.15, -0.1) is 0 Å². The van der Waals surface area contributed by atoms with Crippen LogP contribution in [-0.4, -0.2) is 20.0 Å². The van der Waals surface area contributed by atoms with Crippen LogP contribution >= 0.6 is 0 Å². The van der Waals surface area contributed by atoms with E-state index in [4.69, 9.17) is 15.9 Å². The van der Waals surface area contributed by atoms with Crippen molar-refractivity contribution in [2.24, 2.45) is 0 Å². The molecule has 0 aliphatic carbocycles. The van der Waals surface area contributed by atoms with Gasteiger partial charge in [-0.25, -0.2) is 4.68 Å². The number of aliphatic hydroxyl groups is 1. The Hall–Kier alpha value is -2.01. The SMILES string of the molecule is Nc1c(CO)cnn1Cc1ccc(O)cc1. The molecule has 0 atom stereocenters. The number of nitrogens with two attached hydrogens (primary N) is 1. The van der Waals surface area contributed by atoms with Crippen molar-refractivity contribution in [2.45, 2.75) is 13.2 Å². The summed E-state index contributed by atoms with van der Waals surface area (Å²) in [6, 6.07) is 6.83. The minimum Gasteiger partial charge on any atom is -0.508 e. The Labute approximate surface area is 92.8 Å². The third-order valence-corrected chi connectivity index (χ3v) is 2.40. The molecule has 0 saturated carbocycles. The molecule has 0 aliphatic rings. The molecule has 5 heteroatoms. The molecule has 0 radical (unpaired) electrons. The quantitative estimate of drug-likeness (QED) is 0.709. The number of phenolic OH excluding ortho intramolecular Hbond substituents is 1. The Morgan fingerprint density at radius 2 is 1.94 bits per heavy atom. The first-order chi connectivity index (χ1) is 7.70. The van der Waals surface area contributed by atoms with Gasteiger partial charge in [-0.2, -0.15) is 5.10 Å². The number of rotatable bonds is 3. The highest BCUT2D eigenvalue weighted by Gasteiger charge is 2.06. The van der Waals surface area contributed by atoms with Gasteiger partial charge in [0.05, 0.1) is 19.3 Å². The molecule has 1 aromatic carbocycles. The molecule has 0 fully saturated rings. The molecular weight excluding hydrogens is 206 g/mol. The molecule has 84 valence electrons. The van der Waals surface area contributed by atoms with Crippen LogP contribution in [0.15, 0.2) is 30.5 Å². The van der Waals surface area contributed by atoms with Gasteiger partial charge in [0.25, 0.3) is 0 Å². The van der Waals surface area contributed by atoms with Crippen molar-refractivity contribution in [3.8, 4) is 5.75 Å². The second kappa shape index (κ2) is 4.24. The van der Waals surface area contributed by atoms with E-state index in [-0.39, 0.29) is 12.4 Å². The van der Waals surface area contributed by atoms with E-state index in [1.54, 1.807) is 35.1 Å². The Balaban J connectivity index is 2.20. The first kappa shape index (κ1) is 10.5. The summed E-state index contributed by atoms with van der Waals surface area (Å²) in [5.74, 6) is 0.698. The van der Waals surface area contributed by atoms with Gasteiger partial charge in [-0.1, -0.05) is 12.1 Å². The number of aromatic hydroxyl groups is 1. The molecular formula is C11H13N3O2. The predicted octanol–water partition coefficient (Wildman–Crippen LogP) is 0.711. The summed E-state index contributed by atoms with van der Waals surface area (Å²) in [6.07, 6.45) is 1.55. The summed E-state index contributed by atoms with van der Waals surface area (Å²) in [5.41, 5.74) is 7.39. The Morgan fingerprint density at radius 3 is 2.50 bits per heavy atom. The summed E-state index contributed by atoms with van der Waals surface area (Å²) in [6.45, 7) is 0.410.